The number of hydrazine groups is 1. The molecule has 0 amide bonds. The average Bonchev–Trinajstić information content (AvgIpc) is 3.29. The normalized spacial score (nSPS) is 24.9. The van der Waals surface area contributed by atoms with Crippen molar-refractivity contribution in [3.05, 3.63) is 41.5 Å². The molecule has 0 bridgehead atoms. The maximum Gasteiger partial charge on any atom is 0.147 e. The summed E-state index contributed by atoms with van der Waals surface area (Å²) in [6, 6.07) is 9.08. The van der Waals surface area contributed by atoms with Gasteiger partial charge in [0.2, 0.25) is 0 Å². The highest BCUT2D eigenvalue weighted by atomic mass is 16.5. The molecule has 2 unspecified atom stereocenters. The number of aromatic nitrogens is 3. The van der Waals surface area contributed by atoms with Crippen molar-refractivity contribution in [2.75, 3.05) is 27.2 Å². The van der Waals surface area contributed by atoms with Gasteiger partial charge in [-0.15, -0.1) is 0 Å². The number of rotatable bonds is 4. The van der Waals surface area contributed by atoms with Crippen molar-refractivity contribution in [2.24, 2.45) is 0 Å². The monoisotopic (exact) mass is 356 g/mol. The van der Waals surface area contributed by atoms with E-state index in [2.05, 4.69) is 39.6 Å². The first-order chi connectivity index (χ1) is 12.6. The zero-order valence-corrected chi connectivity index (χ0v) is 15.8. The molecule has 3 heterocycles. The van der Waals surface area contributed by atoms with Gasteiger partial charge >= 0.3 is 0 Å². The van der Waals surface area contributed by atoms with Gasteiger partial charge in [0.1, 0.15) is 17.4 Å². The number of piperidine rings is 1. The molecule has 2 N–H and O–H groups in total. The van der Waals surface area contributed by atoms with Gasteiger partial charge in [0, 0.05) is 6.04 Å². The van der Waals surface area contributed by atoms with E-state index in [0.29, 0.717) is 6.04 Å². The lowest BCUT2D eigenvalue weighted by Gasteiger charge is -2.30. The Morgan fingerprint density at radius 1 is 1.15 bits per heavy atom. The highest BCUT2D eigenvalue weighted by Crippen LogP contribution is 2.33. The summed E-state index contributed by atoms with van der Waals surface area (Å²) < 4.78 is 7.53. The number of nitrogens with zero attached hydrogens (tertiary/aromatic N) is 4. The van der Waals surface area contributed by atoms with Crippen molar-refractivity contribution in [3.8, 4) is 5.75 Å². The molecule has 140 valence electrons. The summed E-state index contributed by atoms with van der Waals surface area (Å²) in [7, 11) is 3.89. The minimum absolute atomic E-state index is 0.159. The Balaban J connectivity index is 1.52. The van der Waals surface area contributed by atoms with E-state index in [4.69, 9.17) is 14.8 Å². The predicted molar refractivity (Wildman–Crippen MR) is 99.9 cm³/mol. The van der Waals surface area contributed by atoms with E-state index in [-0.39, 0.29) is 12.1 Å². The van der Waals surface area contributed by atoms with E-state index >= 15 is 0 Å². The lowest BCUT2D eigenvalue weighted by atomic mass is 10.0. The Kier molecular flexibility index (Phi) is 4.93. The van der Waals surface area contributed by atoms with Gasteiger partial charge in [0.05, 0.1) is 19.2 Å². The molecule has 26 heavy (non-hydrogen) atoms. The van der Waals surface area contributed by atoms with Crippen LogP contribution in [0.4, 0.5) is 0 Å². The lowest BCUT2D eigenvalue weighted by Crippen LogP contribution is -2.34. The Morgan fingerprint density at radius 2 is 1.92 bits per heavy atom. The van der Waals surface area contributed by atoms with Crippen LogP contribution >= 0.6 is 0 Å². The molecule has 0 spiro atoms. The van der Waals surface area contributed by atoms with Gasteiger partial charge < -0.3 is 9.64 Å². The summed E-state index contributed by atoms with van der Waals surface area (Å²) in [4.78, 5) is 7.14. The van der Waals surface area contributed by atoms with E-state index in [0.717, 1.165) is 49.8 Å². The number of aryl methyl sites for hydroxylation is 1. The second-order valence-corrected chi connectivity index (χ2v) is 7.40. The molecule has 4 rings (SSSR count). The standard InChI is InChI=1S/C19H28N6O/c1-13-20-19(25(23-13)15-7-9-24(2)10-8-15)18-12-17(21-22-18)14-5-4-6-16(11-14)26-3/h4-6,11,15,17-18,21-22H,7-10,12H2,1-3H3. The van der Waals surface area contributed by atoms with E-state index in [1.54, 1.807) is 7.11 Å². The fraction of sp³-hybridized carbons (Fsp3) is 0.579. The van der Waals surface area contributed by atoms with Gasteiger partial charge in [0.15, 0.2) is 0 Å². The molecule has 0 aliphatic carbocycles. The van der Waals surface area contributed by atoms with Crippen molar-refractivity contribution in [3.63, 3.8) is 0 Å². The van der Waals surface area contributed by atoms with E-state index in [1.165, 1.54) is 5.56 Å². The number of benzene rings is 1. The number of nitrogens with one attached hydrogen (secondary N) is 2. The summed E-state index contributed by atoms with van der Waals surface area (Å²) in [5.74, 6) is 2.79. The smallest absolute Gasteiger partial charge is 0.147 e. The van der Waals surface area contributed by atoms with E-state index in [9.17, 15) is 0 Å². The molecule has 1 aromatic carbocycles. The van der Waals surface area contributed by atoms with Gasteiger partial charge in [-0.25, -0.2) is 20.5 Å². The molecular weight excluding hydrogens is 328 g/mol. The van der Waals surface area contributed by atoms with Crippen molar-refractivity contribution in [1.82, 2.24) is 30.5 Å². The quantitative estimate of drug-likeness (QED) is 0.875. The summed E-state index contributed by atoms with van der Waals surface area (Å²) in [6.07, 6.45) is 3.20. The van der Waals surface area contributed by atoms with Crippen molar-refractivity contribution in [1.29, 1.82) is 0 Å². The highest BCUT2D eigenvalue weighted by Gasteiger charge is 2.32. The number of ether oxygens (including phenoxy) is 1. The number of methoxy groups -OCH3 is 1. The average molecular weight is 356 g/mol. The van der Waals surface area contributed by atoms with Crippen LogP contribution in [0.3, 0.4) is 0 Å². The van der Waals surface area contributed by atoms with Gasteiger partial charge in [-0.3, -0.25) is 0 Å². The molecule has 2 saturated heterocycles. The second-order valence-electron chi connectivity index (χ2n) is 7.40. The zero-order valence-electron chi connectivity index (χ0n) is 15.8. The van der Waals surface area contributed by atoms with Crippen LogP contribution in [0.5, 0.6) is 5.75 Å². The zero-order chi connectivity index (χ0) is 18.1. The fourth-order valence-corrected chi connectivity index (χ4v) is 3.99. The summed E-state index contributed by atoms with van der Waals surface area (Å²) in [5.41, 5.74) is 8.08. The topological polar surface area (TPSA) is 67.2 Å². The molecule has 0 radical (unpaired) electrons. The van der Waals surface area contributed by atoms with Crippen LogP contribution in [0.25, 0.3) is 0 Å². The predicted octanol–water partition coefficient (Wildman–Crippen LogP) is 2.14. The summed E-state index contributed by atoms with van der Waals surface area (Å²) in [5, 5.41) is 4.73. The molecule has 2 atom stereocenters. The van der Waals surface area contributed by atoms with Crippen LogP contribution in [0, 0.1) is 6.92 Å². The Labute approximate surface area is 154 Å². The van der Waals surface area contributed by atoms with Gasteiger partial charge in [-0.2, -0.15) is 5.10 Å². The summed E-state index contributed by atoms with van der Waals surface area (Å²) in [6.45, 7) is 4.22. The third-order valence-electron chi connectivity index (χ3n) is 5.51. The first-order valence-corrected chi connectivity index (χ1v) is 9.40. The van der Waals surface area contributed by atoms with Crippen LogP contribution in [0.15, 0.2) is 24.3 Å². The molecule has 0 saturated carbocycles. The third kappa shape index (κ3) is 3.47. The Bertz CT molecular complexity index is 752. The molecule has 2 fully saturated rings. The minimum atomic E-state index is 0.159. The van der Waals surface area contributed by atoms with Gasteiger partial charge in [-0.1, -0.05) is 12.1 Å². The number of hydrogen-bond acceptors (Lipinski definition) is 6. The lowest BCUT2D eigenvalue weighted by molar-refractivity contribution is 0.207. The van der Waals surface area contributed by atoms with Crippen molar-refractivity contribution >= 4 is 0 Å². The van der Waals surface area contributed by atoms with Gasteiger partial charge in [-0.05, 0) is 64.0 Å². The maximum atomic E-state index is 5.36. The molecule has 1 aromatic heterocycles. The Hall–Kier alpha value is -1.96. The summed E-state index contributed by atoms with van der Waals surface area (Å²) >= 11 is 0. The first kappa shape index (κ1) is 17.5. The van der Waals surface area contributed by atoms with Gasteiger partial charge in [0.25, 0.3) is 0 Å². The maximum absolute atomic E-state index is 5.36. The largest absolute Gasteiger partial charge is 0.497 e. The molecule has 2 aromatic rings. The number of likely N-dealkylation sites (tertiary alicyclic amines) is 1. The SMILES string of the molecule is COc1cccc(C2CC(c3nc(C)nn3C3CCN(C)CC3)NN2)c1. The van der Waals surface area contributed by atoms with Crippen LogP contribution in [-0.4, -0.2) is 46.9 Å². The minimum Gasteiger partial charge on any atom is -0.497 e. The van der Waals surface area contributed by atoms with Crippen LogP contribution in [-0.2, 0) is 0 Å². The Morgan fingerprint density at radius 3 is 2.69 bits per heavy atom. The van der Waals surface area contributed by atoms with Crippen molar-refractivity contribution in [2.45, 2.75) is 44.3 Å². The molecule has 7 nitrogen and oxygen atoms in total. The van der Waals surface area contributed by atoms with E-state index < -0.39 is 0 Å². The highest BCUT2D eigenvalue weighted by molar-refractivity contribution is 5.31. The third-order valence-corrected chi connectivity index (χ3v) is 5.51. The number of hydrogen-bond donors (Lipinski definition) is 2. The van der Waals surface area contributed by atoms with Crippen molar-refractivity contribution < 1.29 is 4.74 Å². The second kappa shape index (κ2) is 7.34. The first-order valence-electron chi connectivity index (χ1n) is 9.40. The van der Waals surface area contributed by atoms with Crippen LogP contribution in [0.2, 0.25) is 0 Å². The molecule has 2 aliphatic rings. The van der Waals surface area contributed by atoms with Crippen LogP contribution in [0.1, 0.15) is 54.6 Å². The molecule has 2 aliphatic heterocycles. The fourth-order valence-electron chi connectivity index (χ4n) is 3.99. The van der Waals surface area contributed by atoms with Crippen LogP contribution < -0.4 is 15.6 Å². The molecule has 7 heteroatoms. The van der Waals surface area contributed by atoms with E-state index in [1.807, 2.05) is 19.1 Å². The molecular formula is C19H28N6O.